The van der Waals surface area contributed by atoms with Crippen molar-refractivity contribution in [3.05, 3.63) is 70.8 Å². The molecule has 0 aromatic heterocycles. The Kier molecular flexibility index (Phi) is 5.04. The van der Waals surface area contributed by atoms with Gasteiger partial charge in [0.1, 0.15) is 0 Å². The van der Waals surface area contributed by atoms with Crippen LogP contribution in [0.4, 0.5) is 0 Å². The molecule has 5 heteroatoms. The first-order chi connectivity index (χ1) is 11.4. The predicted molar refractivity (Wildman–Crippen MR) is 96.7 cm³/mol. The summed E-state index contributed by atoms with van der Waals surface area (Å²) in [7, 11) is -3.41. The fourth-order valence-electron chi connectivity index (χ4n) is 2.93. The van der Waals surface area contributed by atoms with Gasteiger partial charge in [-0.3, -0.25) is 0 Å². The summed E-state index contributed by atoms with van der Waals surface area (Å²) in [6, 6.07) is 16.1. The van der Waals surface area contributed by atoms with E-state index in [4.69, 9.17) is 0 Å². The van der Waals surface area contributed by atoms with Crippen molar-refractivity contribution in [2.75, 3.05) is 13.1 Å². The molecule has 2 aromatic carbocycles. The van der Waals surface area contributed by atoms with Crippen LogP contribution in [0.15, 0.2) is 48.5 Å². The Labute approximate surface area is 144 Å². The Hall–Kier alpha value is -1.69. The van der Waals surface area contributed by atoms with E-state index in [0.717, 1.165) is 17.5 Å². The van der Waals surface area contributed by atoms with E-state index in [9.17, 15) is 8.42 Å². The molecule has 0 spiro atoms. The first kappa shape index (κ1) is 17.1. The molecule has 0 atom stereocenters. The van der Waals surface area contributed by atoms with E-state index in [0.29, 0.717) is 26.2 Å². The summed E-state index contributed by atoms with van der Waals surface area (Å²) in [5.41, 5.74) is 4.42. The average molecular weight is 344 g/mol. The number of hydrogen-bond donors (Lipinski definition) is 0. The summed E-state index contributed by atoms with van der Waals surface area (Å²) in [5, 5.41) is 0. The molecule has 0 unspecified atom stereocenters. The number of nitrogens with zero attached hydrogens (tertiary/aromatic N) is 2. The molecule has 1 aliphatic rings. The molecule has 0 radical (unpaired) electrons. The summed E-state index contributed by atoms with van der Waals surface area (Å²) in [6.45, 7) is 6.11. The normalized spacial score (nSPS) is 18.6. The van der Waals surface area contributed by atoms with Gasteiger partial charge in [0.05, 0.1) is 0 Å². The molecular formula is C19H24N2O2S. The van der Waals surface area contributed by atoms with E-state index in [1.165, 1.54) is 11.1 Å². The summed E-state index contributed by atoms with van der Waals surface area (Å²) < 4.78 is 29.0. The van der Waals surface area contributed by atoms with Gasteiger partial charge in [0.25, 0.3) is 10.2 Å². The second kappa shape index (κ2) is 7.05. The second-order valence-electron chi connectivity index (χ2n) is 6.50. The van der Waals surface area contributed by atoms with Gasteiger partial charge in [0.15, 0.2) is 0 Å². The highest BCUT2D eigenvalue weighted by atomic mass is 32.2. The molecule has 0 amide bonds. The van der Waals surface area contributed by atoms with Crippen molar-refractivity contribution in [1.82, 2.24) is 8.61 Å². The molecule has 0 saturated carbocycles. The predicted octanol–water partition coefficient (Wildman–Crippen LogP) is 3.26. The van der Waals surface area contributed by atoms with E-state index in [2.05, 4.69) is 0 Å². The minimum atomic E-state index is -3.41. The van der Waals surface area contributed by atoms with Gasteiger partial charge in [-0.2, -0.15) is 17.0 Å². The lowest BCUT2D eigenvalue weighted by Crippen LogP contribution is -2.48. The van der Waals surface area contributed by atoms with E-state index in [1.54, 1.807) is 8.61 Å². The van der Waals surface area contributed by atoms with Crippen LogP contribution in [0.1, 0.15) is 28.7 Å². The lowest BCUT2D eigenvalue weighted by molar-refractivity contribution is 0.276. The van der Waals surface area contributed by atoms with E-state index in [1.807, 2.05) is 62.4 Å². The van der Waals surface area contributed by atoms with Crippen LogP contribution >= 0.6 is 0 Å². The van der Waals surface area contributed by atoms with Gasteiger partial charge < -0.3 is 0 Å². The molecule has 2 aromatic rings. The van der Waals surface area contributed by atoms with Crippen molar-refractivity contribution in [3.63, 3.8) is 0 Å². The van der Waals surface area contributed by atoms with Crippen molar-refractivity contribution in [2.45, 2.75) is 33.4 Å². The topological polar surface area (TPSA) is 40.6 Å². The van der Waals surface area contributed by atoms with Crippen molar-refractivity contribution in [2.24, 2.45) is 0 Å². The number of benzene rings is 2. The minimum Gasteiger partial charge on any atom is -0.195 e. The minimum absolute atomic E-state index is 0.438. The number of aryl methyl sites for hydroxylation is 2. The lowest BCUT2D eigenvalue weighted by atomic mass is 10.1. The summed E-state index contributed by atoms with van der Waals surface area (Å²) >= 11 is 0. The molecule has 128 valence electrons. The largest absolute Gasteiger partial charge is 0.282 e. The van der Waals surface area contributed by atoms with Crippen LogP contribution in [-0.4, -0.2) is 30.1 Å². The maximum absolute atomic E-state index is 12.9. The molecule has 4 nitrogen and oxygen atoms in total. The van der Waals surface area contributed by atoms with Gasteiger partial charge in [-0.25, -0.2) is 0 Å². The maximum atomic E-state index is 12.9. The zero-order valence-electron chi connectivity index (χ0n) is 14.3. The molecule has 3 rings (SSSR count). The van der Waals surface area contributed by atoms with Crippen molar-refractivity contribution in [3.8, 4) is 0 Å². The highest BCUT2D eigenvalue weighted by molar-refractivity contribution is 7.86. The monoisotopic (exact) mass is 344 g/mol. The molecule has 1 heterocycles. The third kappa shape index (κ3) is 3.86. The third-order valence-electron chi connectivity index (χ3n) is 4.43. The van der Waals surface area contributed by atoms with Crippen molar-refractivity contribution < 1.29 is 8.42 Å². The summed E-state index contributed by atoms with van der Waals surface area (Å²) in [5.74, 6) is 0. The van der Waals surface area contributed by atoms with Crippen LogP contribution in [0.3, 0.4) is 0 Å². The van der Waals surface area contributed by atoms with Crippen molar-refractivity contribution >= 4 is 10.2 Å². The Morgan fingerprint density at radius 2 is 1.12 bits per heavy atom. The Balaban J connectivity index is 1.75. The van der Waals surface area contributed by atoms with Crippen LogP contribution in [-0.2, 0) is 23.3 Å². The van der Waals surface area contributed by atoms with E-state index in [-0.39, 0.29) is 0 Å². The SMILES string of the molecule is Cc1ccc(CN2CCCN(Cc3ccc(C)cc3)S2(=O)=O)cc1. The molecule has 1 saturated heterocycles. The maximum Gasteiger partial charge on any atom is 0.282 e. The van der Waals surface area contributed by atoms with Gasteiger partial charge in [0.2, 0.25) is 0 Å². The fourth-order valence-corrected chi connectivity index (χ4v) is 4.60. The Bertz CT molecular complexity index is 722. The van der Waals surface area contributed by atoms with Gasteiger partial charge in [-0.15, -0.1) is 0 Å². The Morgan fingerprint density at radius 1 is 0.750 bits per heavy atom. The van der Waals surface area contributed by atoms with Crippen LogP contribution < -0.4 is 0 Å². The standard InChI is InChI=1S/C19H24N2O2S/c1-16-4-8-18(9-5-16)14-20-12-3-13-21(24(20,22)23)15-19-10-6-17(2)7-11-19/h4-11H,3,12-15H2,1-2H3. The first-order valence-corrected chi connectivity index (χ1v) is 9.71. The highest BCUT2D eigenvalue weighted by Crippen LogP contribution is 2.22. The molecule has 0 bridgehead atoms. The van der Waals surface area contributed by atoms with Gasteiger partial charge in [-0.05, 0) is 31.4 Å². The molecule has 1 aliphatic heterocycles. The summed E-state index contributed by atoms with van der Waals surface area (Å²) in [6.07, 6.45) is 0.858. The molecule has 0 N–H and O–H groups in total. The van der Waals surface area contributed by atoms with Crippen LogP contribution in [0, 0.1) is 13.8 Å². The highest BCUT2D eigenvalue weighted by Gasteiger charge is 2.33. The fraction of sp³-hybridized carbons (Fsp3) is 0.368. The van der Waals surface area contributed by atoms with E-state index >= 15 is 0 Å². The van der Waals surface area contributed by atoms with Crippen molar-refractivity contribution in [1.29, 1.82) is 0 Å². The van der Waals surface area contributed by atoms with Crippen LogP contribution in [0.5, 0.6) is 0 Å². The zero-order chi connectivity index (χ0) is 17.2. The summed E-state index contributed by atoms with van der Waals surface area (Å²) in [4.78, 5) is 0. The molecule has 1 fully saturated rings. The number of hydrogen-bond acceptors (Lipinski definition) is 2. The first-order valence-electron chi connectivity index (χ1n) is 8.31. The molecule has 24 heavy (non-hydrogen) atoms. The lowest BCUT2D eigenvalue weighted by Gasteiger charge is -2.34. The second-order valence-corrected chi connectivity index (χ2v) is 8.43. The Morgan fingerprint density at radius 3 is 1.50 bits per heavy atom. The molecular weight excluding hydrogens is 320 g/mol. The molecule has 0 aliphatic carbocycles. The van der Waals surface area contributed by atoms with E-state index < -0.39 is 10.2 Å². The smallest absolute Gasteiger partial charge is 0.195 e. The van der Waals surface area contributed by atoms with Gasteiger partial charge in [-0.1, -0.05) is 59.7 Å². The third-order valence-corrected chi connectivity index (χ3v) is 6.36. The quantitative estimate of drug-likeness (QED) is 0.854. The number of rotatable bonds is 4. The average Bonchev–Trinajstić information content (AvgIpc) is 2.55. The van der Waals surface area contributed by atoms with Gasteiger partial charge in [0, 0.05) is 26.2 Å². The van der Waals surface area contributed by atoms with Crippen LogP contribution in [0.2, 0.25) is 0 Å². The van der Waals surface area contributed by atoms with Crippen LogP contribution in [0.25, 0.3) is 0 Å². The zero-order valence-corrected chi connectivity index (χ0v) is 15.1. The van der Waals surface area contributed by atoms with Gasteiger partial charge >= 0.3 is 0 Å².